The van der Waals surface area contributed by atoms with Crippen LogP contribution < -0.4 is 10.5 Å². The van der Waals surface area contributed by atoms with Crippen molar-refractivity contribution in [1.29, 1.82) is 0 Å². The number of methoxy groups -OCH3 is 1. The Labute approximate surface area is 82.9 Å². The molecule has 0 heterocycles. The summed E-state index contributed by atoms with van der Waals surface area (Å²) < 4.78 is 5.09. The van der Waals surface area contributed by atoms with Crippen molar-refractivity contribution >= 4 is 0 Å². The third-order valence-corrected chi connectivity index (χ3v) is 2.15. The van der Waals surface area contributed by atoms with Gasteiger partial charge in [0.1, 0.15) is 5.75 Å². The standard InChI is InChI=1S/C10H15NO3/c1-14-10-3-7(4-11)2-8(5-12)9(10)6-13/h2-3,12-13H,4-6,11H2,1H3. The lowest BCUT2D eigenvalue weighted by molar-refractivity contribution is 0.254. The van der Waals surface area contributed by atoms with Crippen molar-refractivity contribution < 1.29 is 14.9 Å². The van der Waals surface area contributed by atoms with Gasteiger partial charge in [0.15, 0.2) is 0 Å². The molecule has 0 aliphatic carbocycles. The van der Waals surface area contributed by atoms with Crippen LogP contribution in [0.1, 0.15) is 16.7 Å². The van der Waals surface area contributed by atoms with Crippen LogP contribution in [0.4, 0.5) is 0 Å². The second kappa shape index (κ2) is 4.95. The van der Waals surface area contributed by atoms with Gasteiger partial charge in [0.2, 0.25) is 0 Å². The fourth-order valence-corrected chi connectivity index (χ4v) is 1.39. The van der Waals surface area contributed by atoms with Crippen molar-refractivity contribution in [3.63, 3.8) is 0 Å². The third kappa shape index (κ3) is 2.04. The molecule has 0 atom stereocenters. The van der Waals surface area contributed by atoms with E-state index in [1.165, 1.54) is 7.11 Å². The van der Waals surface area contributed by atoms with Crippen LogP contribution in [0, 0.1) is 0 Å². The molecule has 1 aromatic carbocycles. The molecule has 4 N–H and O–H groups in total. The summed E-state index contributed by atoms with van der Waals surface area (Å²) in [5.41, 5.74) is 7.64. The quantitative estimate of drug-likeness (QED) is 0.641. The minimum atomic E-state index is -0.149. The Balaban J connectivity index is 3.24. The molecule has 0 aliphatic heterocycles. The highest BCUT2D eigenvalue weighted by Gasteiger charge is 2.09. The number of rotatable bonds is 4. The molecule has 1 rings (SSSR count). The summed E-state index contributed by atoms with van der Waals surface area (Å²) >= 11 is 0. The SMILES string of the molecule is COc1cc(CN)cc(CO)c1CO. The minimum absolute atomic E-state index is 0.125. The average Bonchev–Trinajstić information content (AvgIpc) is 2.26. The first-order valence-corrected chi connectivity index (χ1v) is 4.37. The summed E-state index contributed by atoms with van der Waals surface area (Å²) in [4.78, 5) is 0. The summed E-state index contributed by atoms with van der Waals surface area (Å²) in [6.07, 6.45) is 0. The van der Waals surface area contributed by atoms with Crippen molar-refractivity contribution in [3.05, 3.63) is 28.8 Å². The van der Waals surface area contributed by atoms with Gasteiger partial charge in [0.25, 0.3) is 0 Å². The summed E-state index contributed by atoms with van der Waals surface area (Å²) in [6, 6.07) is 3.54. The van der Waals surface area contributed by atoms with Crippen molar-refractivity contribution in [1.82, 2.24) is 0 Å². The first-order valence-electron chi connectivity index (χ1n) is 4.37. The number of aliphatic hydroxyl groups excluding tert-OH is 2. The second-order valence-electron chi connectivity index (χ2n) is 2.96. The van der Waals surface area contributed by atoms with Gasteiger partial charge in [-0.3, -0.25) is 0 Å². The van der Waals surface area contributed by atoms with Gasteiger partial charge in [-0.15, -0.1) is 0 Å². The summed E-state index contributed by atoms with van der Waals surface area (Å²) in [5.74, 6) is 0.569. The van der Waals surface area contributed by atoms with E-state index in [0.717, 1.165) is 5.56 Å². The van der Waals surface area contributed by atoms with Crippen LogP contribution in [0.25, 0.3) is 0 Å². The Morgan fingerprint density at radius 2 is 2.00 bits per heavy atom. The molecule has 0 amide bonds. The highest BCUT2D eigenvalue weighted by molar-refractivity contribution is 5.43. The van der Waals surface area contributed by atoms with Crippen LogP contribution in [0.3, 0.4) is 0 Å². The molecular weight excluding hydrogens is 182 g/mol. The van der Waals surface area contributed by atoms with Gasteiger partial charge in [-0.25, -0.2) is 0 Å². The number of hydrogen-bond donors (Lipinski definition) is 3. The van der Waals surface area contributed by atoms with Gasteiger partial charge < -0.3 is 20.7 Å². The van der Waals surface area contributed by atoms with Gasteiger partial charge in [0.05, 0.1) is 20.3 Å². The van der Waals surface area contributed by atoms with Crippen LogP contribution >= 0.6 is 0 Å². The maximum Gasteiger partial charge on any atom is 0.125 e. The first-order chi connectivity index (χ1) is 6.76. The summed E-state index contributed by atoms with van der Waals surface area (Å²) in [7, 11) is 1.52. The molecule has 1 aromatic rings. The van der Waals surface area contributed by atoms with Crippen molar-refractivity contribution in [3.8, 4) is 5.75 Å². The van der Waals surface area contributed by atoms with E-state index in [1.807, 2.05) is 0 Å². The van der Waals surface area contributed by atoms with Crippen LogP contribution in [0.15, 0.2) is 12.1 Å². The molecule has 0 bridgehead atoms. The van der Waals surface area contributed by atoms with E-state index in [1.54, 1.807) is 12.1 Å². The normalized spacial score (nSPS) is 10.3. The number of nitrogens with two attached hydrogens (primary N) is 1. The van der Waals surface area contributed by atoms with Crippen molar-refractivity contribution in [2.45, 2.75) is 19.8 Å². The molecule has 0 aromatic heterocycles. The van der Waals surface area contributed by atoms with E-state index in [4.69, 9.17) is 20.7 Å². The topological polar surface area (TPSA) is 75.7 Å². The fourth-order valence-electron chi connectivity index (χ4n) is 1.39. The predicted octanol–water partition coefficient (Wildman–Crippen LogP) is 0.139. The van der Waals surface area contributed by atoms with E-state index >= 15 is 0 Å². The van der Waals surface area contributed by atoms with Crippen LogP contribution in [0.2, 0.25) is 0 Å². The average molecular weight is 197 g/mol. The zero-order valence-corrected chi connectivity index (χ0v) is 8.16. The summed E-state index contributed by atoms with van der Waals surface area (Å²) in [6.45, 7) is 0.110. The van der Waals surface area contributed by atoms with E-state index in [9.17, 15) is 0 Å². The third-order valence-electron chi connectivity index (χ3n) is 2.15. The molecule has 4 heteroatoms. The number of hydrogen-bond acceptors (Lipinski definition) is 4. The van der Waals surface area contributed by atoms with Crippen molar-refractivity contribution in [2.75, 3.05) is 7.11 Å². The first kappa shape index (κ1) is 11.0. The molecule has 0 unspecified atom stereocenters. The van der Waals surface area contributed by atoms with Crippen LogP contribution in [0.5, 0.6) is 5.75 Å². The van der Waals surface area contributed by atoms with E-state index in [-0.39, 0.29) is 13.2 Å². The Hall–Kier alpha value is -1.10. The molecule has 0 aliphatic rings. The Bertz CT molecular complexity index is 287. The molecule has 0 spiro atoms. The van der Waals surface area contributed by atoms with Gasteiger partial charge in [0, 0.05) is 12.1 Å². The Morgan fingerprint density at radius 3 is 2.43 bits per heavy atom. The van der Waals surface area contributed by atoms with Gasteiger partial charge in [-0.2, -0.15) is 0 Å². The fraction of sp³-hybridized carbons (Fsp3) is 0.400. The van der Waals surface area contributed by atoms with Gasteiger partial charge >= 0.3 is 0 Å². The Morgan fingerprint density at radius 1 is 1.29 bits per heavy atom. The molecule has 0 saturated carbocycles. The van der Waals surface area contributed by atoms with Gasteiger partial charge in [-0.1, -0.05) is 6.07 Å². The zero-order valence-electron chi connectivity index (χ0n) is 8.16. The van der Waals surface area contributed by atoms with Gasteiger partial charge in [-0.05, 0) is 17.2 Å². The minimum Gasteiger partial charge on any atom is -0.496 e. The predicted molar refractivity (Wildman–Crippen MR) is 52.7 cm³/mol. The molecule has 0 saturated heterocycles. The van der Waals surface area contributed by atoms with E-state index in [2.05, 4.69) is 0 Å². The second-order valence-corrected chi connectivity index (χ2v) is 2.96. The lowest BCUT2D eigenvalue weighted by atomic mass is 10.0. The molecule has 0 fully saturated rings. The maximum absolute atomic E-state index is 9.10. The maximum atomic E-state index is 9.10. The molecule has 0 radical (unpaired) electrons. The highest BCUT2D eigenvalue weighted by atomic mass is 16.5. The lowest BCUT2D eigenvalue weighted by Gasteiger charge is -2.12. The van der Waals surface area contributed by atoms with E-state index < -0.39 is 0 Å². The van der Waals surface area contributed by atoms with Crippen molar-refractivity contribution in [2.24, 2.45) is 5.73 Å². The van der Waals surface area contributed by atoms with Crippen LogP contribution in [-0.2, 0) is 19.8 Å². The number of aliphatic hydroxyl groups is 2. The number of ether oxygens (including phenoxy) is 1. The lowest BCUT2D eigenvalue weighted by Crippen LogP contribution is -2.03. The summed E-state index contributed by atoms with van der Waals surface area (Å²) in [5, 5.41) is 18.2. The number of benzene rings is 1. The largest absolute Gasteiger partial charge is 0.496 e. The van der Waals surface area contributed by atoms with Crippen LogP contribution in [-0.4, -0.2) is 17.3 Å². The molecule has 14 heavy (non-hydrogen) atoms. The molecule has 4 nitrogen and oxygen atoms in total. The monoisotopic (exact) mass is 197 g/mol. The zero-order chi connectivity index (χ0) is 10.6. The Kier molecular flexibility index (Phi) is 3.88. The molecular formula is C10H15NO3. The molecule has 78 valence electrons. The smallest absolute Gasteiger partial charge is 0.125 e. The van der Waals surface area contributed by atoms with E-state index in [0.29, 0.717) is 23.4 Å². The highest BCUT2D eigenvalue weighted by Crippen LogP contribution is 2.24.